The number of hydrogen-bond donors (Lipinski definition) is 1. The summed E-state index contributed by atoms with van der Waals surface area (Å²) in [5.74, 6) is -3.36. The predicted octanol–water partition coefficient (Wildman–Crippen LogP) is 3.45. The molecule has 0 fully saturated rings. The Hall–Kier alpha value is -3.33. The van der Waals surface area contributed by atoms with Gasteiger partial charge in [0, 0.05) is 46.5 Å². The molecule has 1 N–H and O–H groups in total. The van der Waals surface area contributed by atoms with Crippen LogP contribution < -0.4 is 5.32 Å². The lowest BCUT2D eigenvalue weighted by Crippen LogP contribution is -2.44. The van der Waals surface area contributed by atoms with Gasteiger partial charge in [-0.3, -0.25) is 24.5 Å². The van der Waals surface area contributed by atoms with Crippen molar-refractivity contribution in [2.45, 2.75) is 31.6 Å². The number of nitrogens with zero attached hydrogens (tertiary/aromatic N) is 1. The number of carbonyl (C=O) groups excluding carboxylic acids is 3. The molecule has 2 aromatic rings. The molecule has 0 saturated carbocycles. The van der Waals surface area contributed by atoms with Gasteiger partial charge in [0.15, 0.2) is 5.78 Å². The molecule has 4 rings (SSSR count). The Morgan fingerprint density at radius 2 is 2.06 bits per heavy atom. The van der Waals surface area contributed by atoms with Gasteiger partial charge in [0.25, 0.3) is 5.69 Å². The highest BCUT2D eigenvalue weighted by Gasteiger charge is 2.48. The van der Waals surface area contributed by atoms with Crippen LogP contribution in [-0.2, 0) is 19.1 Å². The summed E-state index contributed by atoms with van der Waals surface area (Å²) in [5.41, 5.74) is 1.21. The second-order valence-electron chi connectivity index (χ2n) is 7.47. The highest BCUT2D eigenvalue weighted by Crippen LogP contribution is 2.46. The first-order valence-electron chi connectivity index (χ1n) is 9.92. The van der Waals surface area contributed by atoms with E-state index in [0.29, 0.717) is 23.3 Å². The summed E-state index contributed by atoms with van der Waals surface area (Å²) in [7, 11) is 0. The van der Waals surface area contributed by atoms with E-state index in [1.54, 1.807) is 13.0 Å². The van der Waals surface area contributed by atoms with Crippen LogP contribution in [0.5, 0.6) is 0 Å². The Kier molecular flexibility index (Phi) is 5.69. The molecule has 0 saturated heterocycles. The predicted molar refractivity (Wildman–Crippen MR) is 112 cm³/mol. The van der Waals surface area contributed by atoms with Crippen molar-refractivity contribution in [2.24, 2.45) is 5.92 Å². The largest absolute Gasteiger partial charge is 0.465 e. The molecule has 0 unspecified atom stereocenters. The molecule has 1 amide bonds. The van der Waals surface area contributed by atoms with Crippen LogP contribution in [0.2, 0.25) is 0 Å². The molecule has 2 heterocycles. The van der Waals surface area contributed by atoms with Crippen molar-refractivity contribution in [3.63, 3.8) is 0 Å². The van der Waals surface area contributed by atoms with E-state index in [2.05, 4.69) is 5.32 Å². The van der Waals surface area contributed by atoms with Crippen LogP contribution >= 0.6 is 11.3 Å². The number of esters is 1. The number of thiophene rings is 1. The van der Waals surface area contributed by atoms with Crippen LogP contribution in [0.1, 0.15) is 42.0 Å². The molecule has 1 aliphatic heterocycles. The second-order valence-corrected chi connectivity index (χ2v) is 8.45. The molecular weight excluding hydrogens is 420 g/mol. The van der Waals surface area contributed by atoms with Crippen molar-refractivity contribution in [3.8, 4) is 0 Å². The van der Waals surface area contributed by atoms with E-state index in [1.165, 1.54) is 29.5 Å². The second kappa shape index (κ2) is 8.43. The summed E-state index contributed by atoms with van der Waals surface area (Å²) in [6, 6.07) is 9.65. The third-order valence-electron chi connectivity index (χ3n) is 5.66. The summed E-state index contributed by atoms with van der Waals surface area (Å²) in [5, 5.41) is 15.9. The Morgan fingerprint density at radius 3 is 2.74 bits per heavy atom. The Morgan fingerprint density at radius 1 is 1.26 bits per heavy atom. The van der Waals surface area contributed by atoms with Crippen molar-refractivity contribution in [2.75, 3.05) is 6.61 Å². The van der Waals surface area contributed by atoms with Gasteiger partial charge in [0.05, 0.1) is 11.5 Å². The molecule has 2 aliphatic rings. The fraction of sp³-hybridized carbons (Fsp3) is 0.318. The van der Waals surface area contributed by atoms with E-state index in [4.69, 9.17) is 4.74 Å². The van der Waals surface area contributed by atoms with Gasteiger partial charge in [-0.15, -0.1) is 11.3 Å². The third-order valence-corrected chi connectivity index (χ3v) is 6.66. The van der Waals surface area contributed by atoms with Crippen molar-refractivity contribution in [1.29, 1.82) is 0 Å². The van der Waals surface area contributed by atoms with Crippen LogP contribution in [0.4, 0.5) is 5.69 Å². The lowest BCUT2D eigenvalue weighted by molar-refractivity contribution is -0.384. The lowest BCUT2D eigenvalue weighted by atomic mass is 9.69. The van der Waals surface area contributed by atoms with E-state index in [1.807, 2.05) is 17.5 Å². The van der Waals surface area contributed by atoms with Gasteiger partial charge in [-0.05, 0) is 30.4 Å². The van der Waals surface area contributed by atoms with Gasteiger partial charge in [-0.2, -0.15) is 0 Å². The Bertz CT molecular complexity index is 1090. The van der Waals surface area contributed by atoms with Crippen LogP contribution in [0.25, 0.3) is 0 Å². The van der Waals surface area contributed by atoms with Gasteiger partial charge in [-0.25, -0.2) is 0 Å². The quantitative estimate of drug-likeness (QED) is 0.330. The molecule has 31 heavy (non-hydrogen) atoms. The number of allylic oxidation sites excluding steroid dienone is 2. The highest BCUT2D eigenvalue weighted by atomic mass is 32.1. The Labute approximate surface area is 182 Å². The van der Waals surface area contributed by atoms with E-state index in [-0.39, 0.29) is 24.6 Å². The third kappa shape index (κ3) is 3.88. The standard InChI is InChI=1S/C22H20N2O6S/c1-2-30-22(27)20-15(17-7-4-8-31-17)10-16-19(21(20)26)14(11-18(25)23-16)12-5-3-6-13(9-12)24(28)29/h3-9,14-15,20H,2,10-11H2,1H3,(H,23,25)/t14-,15+,20+/m0/s1. The molecule has 0 radical (unpaired) electrons. The minimum absolute atomic E-state index is 0.0229. The van der Waals surface area contributed by atoms with E-state index in [0.717, 1.165) is 4.88 Å². The highest BCUT2D eigenvalue weighted by molar-refractivity contribution is 7.10. The fourth-order valence-corrected chi connectivity index (χ4v) is 5.23. The molecule has 1 aromatic heterocycles. The lowest BCUT2D eigenvalue weighted by Gasteiger charge is -2.37. The van der Waals surface area contributed by atoms with E-state index < -0.39 is 34.4 Å². The maximum Gasteiger partial charge on any atom is 0.317 e. The number of Topliss-reactive ketones (excluding diaryl/α,β-unsaturated/α-hetero) is 1. The molecule has 160 valence electrons. The van der Waals surface area contributed by atoms with Crippen molar-refractivity contribution in [3.05, 3.63) is 73.6 Å². The first-order chi connectivity index (χ1) is 14.9. The van der Waals surface area contributed by atoms with Gasteiger partial charge >= 0.3 is 5.97 Å². The van der Waals surface area contributed by atoms with Crippen LogP contribution in [-0.4, -0.2) is 29.2 Å². The van der Waals surface area contributed by atoms with Crippen molar-refractivity contribution < 1.29 is 24.0 Å². The Balaban J connectivity index is 1.82. The maximum absolute atomic E-state index is 13.7. The summed E-state index contributed by atoms with van der Waals surface area (Å²) >= 11 is 1.44. The number of non-ortho nitro benzene ring substituents is 1. The number of ketones is 1. The average Bonchev–Trinajstić information content (AvgIpc) is 3.27. The molecule has 0 bridgehead atoms. The number of amides is 1. The number of nitro benzene ring substituents is 1. The van der Waals surface area contributed by atoms with Crippen molar-refractivity contribution in [1.82, 2.24) is 5.32 Å². The molecule has 1 aromatic carbocycles. The topological polar surface area (TPSA) is 116 Å². The number of hydrogen-bond acceptors (Lipinski definition) is 7. The van der Waals surface area contributed by atoms with Gasteiger partial charge in [0.2, 0.25) is 5.91 Å². The number of ether oxygens (including phenoxy) is 1. The number of carbonyl (C=O) groups is 3. The van der Waals surface area contributed by atoms with Crippen LogP contribution in [0.3, 0.4) is 0 Å². The van der Waals surface area contributed by atoms with E-state index in [9.17, 15) is 24.5 Å². The minimum Gasteiger partial charge on any atom is -0.465 e. The zero-order chi connectivity index (χ0) is 22.1. The van der Waals surface area contributed by atoms with Gasteiger partial charge in [-0.1, -0.05) is 18.2 Å². The van der Waals surface area contributed by atoms with Crippen LogP contribution in [0, 0.1) is 16.0 Å². The molecule has 9 heteroatoms. The SMILES string of the molecule is CCOC(=O)[C@H]1C(=O)C2=C(C[C@@H]1c1cccs1)NC(=O)C[C@H]2c1cccc([N+](=O)[O-])c1. The number of nitrogens with one attached hydrogen (secondary N) is 1. The fourth-order valence-electron chi connectivity index (χ4n) is 4.36. The summed E-state index contributed by atoms with van der Waals surface area (Å²) < 4.78 is 5.22. The molecular formula is C22H20N2O6S. The summed E-state index contributed by atoms with van der Waals surface area (Å²) in [6.07, 6.45) is 0.285. The van der Waals surface area contributed by atoms with Crippen LogP contribution in [0.15, 0.2) is 53.0 Å². The molecule has 8 nitrogen and oxygen atoms in total. The maximum atomic E-state index is 13.7. The van der Waals surface area contributed by atoms with Crippen molar-refractivity contribution >= 4 is 34.7 Å². The summed E-state index contributed by atoms with van der Waals surface area (Å²) in [4.78, 5) is 50.5. The normalized spacial score (nSPS) is 23.2. The first kappa shape index (κ1) is 20.9. The monoisotopic (exact) mass is 440 g/mol. The number of nitro groups is 1. The smallest absolute Gasteiger partial charge is 0.317 e. The molecule has 1 aliphatic carbocycles. The van der Waals surface area contributed by atoms with E-state index >= 15 is 0 Å². The number of rotatable bonds is 5. The number of benzene rings is 1. The molecule has 3 atom stereocenters. The zero-order valence-corrected chi connectivity index (χ0v) is 17.5. The molecule has 0 spiro atoms. The minimum atomic E-state index is -1.02. The summed E-state index contributed by atoms with van der Waals surface area (Å²) in [6.45, 7) is 1.83. The average molecular weight is 440 g/mol. The zero-order valence-electron chi connectivity index (χ0n) is 16.7. The van der Waals surface area contributed by atoms with Gasteiger partial charge in [0.1, 0.15) is 5.92 Å². The first-order valence-corrected chi connectivity index (χ1v) is 10.8. The van der Waals surface area contributed by atoms with Gasteiger partial charge < -0.3 is 10.1 Å².